The molecule has 0 aromatic carbocycles. The van der Waals surface area contributed by atoms with Crippen LogP contribution in [0.25, 0.3) is 0 Å². The number of hydrogen-bond acceptors (Lipinski definition) is 3. The van der Waals surface area contributed by atoms with E-state index in [-0.39, 0.29) is 6.04 Å². The van der Waals surface area contributed by atoms with Crippen LogP contribution in [0.1, 0.15) is 13.3 Å². The maximum atomic E-state index is 5.72. The van der Waals surface area contributed by atoms with Crippen molar-refractivity contribution < 1.29 is 0 Å². The molecule has 0 saturated heterocycles. The average molecular weight is 265 g/mol. The van der Waals surface area contributed by atoms with Gasteiger partial charge >= 0.3 is 0 Å². The number of hydrogen-bond donors (Lipinski definition) is 1. The molecule has 1 N–H and O–H groups in total. The topological polar surface area (TPSA) is 37.8 Å². The summed E-state index contributed by atoms with van der Waals surface area (Å²) in [5.41, 5.74) is 0. The van der Waals surface area contributed by atoms with Crippen LogP contribution in [0.15, 0.2) is 16.9 Å². The number of alkyl halides is 1. The van der Waals surface area contributed by atoms with Crippen LogP contribution < -0.4 is 5.32 Å². The van der Waals surface area contributed by atoms with Gasteiger partial charge in [-0.05, 0) is 22.4 Å². The molecule has 0 aliphatic rings. The number of halogens is 2. The van der Waals surface area contributed by atoms with Crippen LogP contribution in [-0.2, 0) is 0 Å². The standard InChI is InChI=1S/C8H11BrClN3/c1-2-7(3-10)13-8-11-4-6(9)5-12-8/h4-5,7H,2-3H2,1H3,(H,11,12,13). The molecule has 1 aromatic heterocycles. The van der Waals surface area contributed by atoms with E-state index in [1.54, 1.807) is 12.4 Å². The van der Waals surface area contributed by atoms with E-state index in [0.717, 1.165) is 10.9 Å². The highest BCUT2D eigenvalue weighted by atomic mass is 79.9. The lowest BCUT2D eigenvalue weighted by Gasteiger charge is -2.12. The van der Waals surface area contributed by atoms with Crippen molar-refractivity contribution in [3.05, 3.63) is 16.9 Å². The molecule has 1 aromatic rings. The Morgan fingerprint density at radius 1 is 1.54 bits per heavy atom. The molecule has 13 heavy (non-hydrogen) atoms. The number of anilines is 1. The molecule has 1 heterocycles. The SMILES string of the molecule is CCC(CCl)Nc1ncc(Br)cn1. The largest absolute Gasteiger partial charge is 0.350 e. The van der Waals surface area contributed by atoms with E-state index in [0.29, 0.717) is 11.8 Å². The zero-order valence-electron chi connectivity index (χ0n) is 7.30. The zero-order chi connectivity index (χ0) is 9.68. The molecule has 72 valence electrons. The van der Waals surface area contributed by atoms with E-state index in [4.69, 9.17) is 11.6 Å². The van der Waals surface area contributed by atoms with Gasteiger partial charge in [0.2, 0.25) is 5.95 Å². The van der Waals surface area contributed by atoms with Crippen molar-refractivity contribution in [2.45, 2.75) is 19.4 Å². The third kappa shape index (κ3) is 3.48. The summed E-state index contributed by atoms with van der Waals surface area (Å²) in [7, 11) is 0. The molecule has 3 nitrogen and oxygen atoms in total. The highest BCUT2D eigenvalue weighted by Crippen LogP contribution is 2.08. The van der Waals surface area contributed by atoms with E-state index in [1.165, 1.54) is 0 Å². The fourth-order valence-electron chi connectivity index (χ4n) is 0.819. The predicted octanol–water partition coefficient (Wildman–Crippen LogP) is 2.67. The first kappa shape index (κ1) is 10.7. The van der Waals surface area contributed by atoms with E-state index < -0.39 is 0 Å². The van der Waals surface area contributed by atoms with Gasteiger partial charge in [-0.1, -0.05) is 6.92 Å². The van der Waals surface area contributed by atoms with Crippen molar-refractivity contribution in [2.24, 2.45) is 0 Å². The average Bonchev–Trinajstić information content (AvgIpc) is 2.17. The first-order chi connectivity index (χ1) is 6.26. The summed E-state index contributed by atoms with van der Waals surface area (Å²) < 4.78 is 0.872. The molecule has 5 heteroatoms. The summed E-state index contributed by atoms with van der Waals surface area (Å²) in [5.74, 6) is 1.19. The van der Waals surface area contributed by atoms with Gasteiger partial charge in [-0.3, -0.25) is 0 Å². The molecule has 0 aliphatic heterocycles. The van der Waals surface area contributed by atoms with Gasteiger partial charge in [0, 0.05) is 24.3 Å². The molecule has 0 spiro atoms. The molecule has 1 atom stereocenters. The van der Waals surface area contributed by atoms with E-state index in [1.807, 2.05) is 0 Å². The maximum Gasteiger partial charge on any atom is 0.222 e. The lowest BCUT2D eigenvalue weighted by atomic mass is 10.3. The monoisotopic (exact) mass is 263 g/mol. The molecule has 0 saturated carbocycles. The Hall–Kier alpha value is -0.350. The molecule has 1 rings (SSSR count). The predicted molar refractivity (Wildman–Crippen MR) is 58.2 cm³/mol. The Bertz CT molecular complexity index is 248. The fourth-order valence-corrected chi connectivity index (χ4v) is 1.32. The van der Waals surface area contributed by atoms with E-state index in [2.05, 4.69) is 38.1 Å². The molecule has 0 bridgehead atoms. The Kier molecular flexibility index (Phi) is 4.45. The van der Waals surface area contributed by atoms with Crippen LogP contribution in [0.4, 0.5) is 5.95 Å². The fraction of sp³-hybridized carbons (Fsp3) is 0.500. The highest BCUT2D eigenvalue weighted by molar-refractivity contribution is 9.10. The molecule has 0 radical (unpaired) electrons. The minimum Gasteiger partial charge on any atom is -0.350 e. The number of rotatable bonds is 4. The lowest BCUT2D eigenvalue weighted by molar-refractivity contribution is 0.758. The first-order valence-corrected chi connectivity index (χ1v) is 5.39. The molecule has 1 unspecified atom stereocenters. The first-order valence-electron chi connectivity index (χ1n) is 4.06. The van der Waals surface area contributed by atoms with Crippen molar-refractivity contribution in [1.29, 1.82) is 0 Å². The quantitative estimate of drug-likeness (QED) is 0.850. The molecule has 0 fully saturated rings. The molecule has 0 aliphatic carbocycles. The van der Waals surface area contributed by atoms with Gasteiger partial charge in [-0.2, -0.15) is 0 Å². The number of aromatic nitrogens is 2. The van der Waals surface area contributed by atoms with Crippen LogP contribution in [-0.4, -0.2) is 21.9 Å². The van der Waals surface area contributed by atoms with Gasteiger partial charge in [0.1, 0.15) is 0 Å². The number of nitrogens with one attached hydrogen (secondary N) is 1. The van der Waals surface area contributed by atoms with Crippen molar-refractivity contribution in [3.63, 3.8) is 0 Å². The Balaban J connectivity index is 2.58. The summed E-state index contributed by atoms with van der Waals surface area (Å²) >= 11 is 8.99. The van der Waals surface area contributed by atoms with Crippen molar-refractivity contribution in [3.8, 4) is 0 Å². The van der Waals surface area contributed by atoms with Crippen LogP contribution >= 0.6 is 27.5 Å². The van der Waals surface area contributed by atoms with Gasteiger partial charge in [0.05, 0.1) is 4.47 Å². The Morgan fingerprint density at radius 2 is 2.15 bits per heavy atom. The summed E-state index contributed by atoms with van der Waals surface area (Å²) in [6.07, 6.45) is 4.37. The Morgan fingerprint density at radius 3 is 2.62 bits per heavy atom. The summed E-state index contributed by atoms with van der Waals surface area (Å²) in [4.78, 5) is 8.17. The minimum absolute atomic E-state index is 0.239. The van der Waals surface area contributed by atoms with Crippen LogP contribution in [0.5, 0.6) is 0 Å². The number of nitrogens with zero attached hydrogens (tertiary/aromatic N) is 2. The minimum atomic E-state index is 0.239. The smallest absolute Gasteiger partial charge is 0.222 e. The van der Waals surface area contributed by atoms with Crippen LogP contribution in [0, 0.1) is 0 Å². The normalized spacial score (nSPS) is 12.5. The third-order valence-corrected chi connectivity index (χ3v) is 2.41. The second-order valence-corrected chi connectivity index (χ2v) is 3.85. The van der Waals surface area contributed by atoms with Crippen LogP contribution in [0.2, 0.25) is 0 Å². The van der Waals surface area contributed by atoms with Gasteiger partial charge in [-0.15, -0.1) is 11.6 Å². The zero-order valence-corrected chi connectivity index (χ0v) is 9.64. The lowest BCUT2D eigenvalue weighted by Crippen LogP contribution is -2.21. The Labute approximate surface area is 91.1 Å². The van der Waals surface area contributed by atoms with Crippen molar-refractivity contribution in [1.82, 2.24) is 9.97 Å². The van der Waals surface area contributed by atoms with E-state index >= 15 is 0 Å². The molecular weight excluding hydrogens is 253 g/mol. The van der Waals surface area contributed by atoms with Crippen molar-refractivity contribution in [2.75, 3.05) is 11.2 Å². The highest BCUT2D eigenvalue weighted by Gasteiger charge is 2.04. The third-order valence-electron chi connectivity index (χ3n) is 1.63. The molecule has 0 amide bonds. The maximum absolute atomic E-state index is 5.72. The van der Waals surface area contributed by atoms with E-state index in [9.17, 15) is 0 Å². The van der Waals surface area contributed by atoms with Crippen LogP contribution in [0.3, 0.4) is 0 Å². The van der Waals surface area contributed by atoms with Gasteiger partial charge in [0.25, 0.3) is 0 Å². The van der Waals surface area contributed by atoms with Gasteiger partial charge < -0.3 is 5.32 Å². The second-order valence-electron chi connectivity index (χ2n) is 2.63. The summed E-state index contributed by atoms with van der Waals surface area (Å²) in [6.45, 7) is 2.07. The summed E-state index contributed by atoms with van der Waals surface area (Å²) in [5, 5.41) is 3.13. The van der Waals surface area contributed by atoms with Gasteiger partial charge in [-0.25, -0.2) is 9.97 Å². The summed E-state index contributed by atoms with van der Waals surface area (Å²) in [6, 6.07) is 0.239. The second kappa shape index (κ2) is 5.40. The molecular formula is C8H11BrClN3. The van der Waals surface area contributed by atoms with Crippen molar-refractivity contribution >= 4 is 33.5 Å². The van der Waals surface area contributed by atoms with Gasteiger partial charge in [0.15, 0.2) is 0 Å².